The molecule has 0 aromatic carbocycles. The van der Waals surface area contributed by atoms with E-state index in [1.807, 2.05) is 6.42 Å². The molecule has 0 atom stereocenters. The van der Waals surface area contributed by atoms with Crippen LogP contribution in [0.25, 0.3) is 0 Å². The average Bonchev–Trinajstić information content (AvgIpc) is 2.03. The lowest BCUT2D eigenvalue weighted by atomic mass is 9.86. The number of Topliss-reactive ketones (excluding diaryl/α,β-unsaturated/α-hetero) is 1. The van der Waals surface area contributed by atoms with Crippen LogP contribution in [-0.2, 0) is 4.79 Å². The molecular formula is C10H17O. The van der Waals surface area contributed by atoms with Gasteiger partial charge in [0.2, 0.25) is 0 Å². The largest absolute Gasteiger partial charge is 0.300 e. The minimum atomic E-state index is 0.232. The van der Waals surface area contributed by atoms with Gasteiger partial charge < -0.3 is 0 Å². The molecule has 0 bridgehead atoms. The van der Waals surface area contributed by atoms with Crippen molar-refractivity contribution in [2.45, 2.75) is 45.4 Å². The van der Waals surface area contributed by atoms with Gasteiger partial charge in [-0.2, -0.15) is 0 Å². The molecule has 0 aliphatic heterocycles. The molecule has 1 nitrogen and oxygen atoms in total. The first-order chi connectivity index (χ1) is 5.29. The molecule has 1 radical (unpaired) electrons. The fraction of sp³-hybridized carbons (Fsp3) is 0.800. The second kappa shape index (κ2) is 4.53. The predicted molar refractivity (Wildman–Crippen MR) is 46.2 cm³/mol. The molecule has 0 unspecified atom stereocenters. The maximum Gasteiger partial charge on any atom is 0.133 e. The molecule has 0 aromatic rings. The van der Waals surface area contributed by atoms with Gasteiger partial charge in [0.25, 0.3) is 0 Å². The first kappa shape index (κ1) is 8.76. The van der Waals surface area contributed by atoms with Crippen molar-refractivity contribution in [2.24, 2.45) is 5.92 Å². The number of hydrogen-bond donors (Lipinski definition) is 0. The Morgan fingerprint density at radius 3 is 2.55 bits per heavy atom. The summed E-state index contributed by atoms with van der Waals surface area (Å²) < 4.78 is 0. The predicted octanol–water partition coefficient (Wildman–Crippen LogP) is 2.75. The van der Waals surface area contributed by atoms with Crippen molar-refractivity contribution in [1.82, 2.24) is 0 Å². The maximum atomic E-state index is 10.6. The topological polar surface area (TPSA) is 17.1 Å². The number of hydrogen-bond acceptors (Lipinski definition) is 1. The van der Waals surface area contributed by atoms with E-state index in [1.54, 1.807) is 6.92 Å². The molecule has 0 heterocycles. The Morgan fingerprint density at radius 2 is 2.00 bits per heavy atom. The summed E-state index contributed by atoms with van der Waals surface area (Å²) in [6.07, 6.45) is 9.68. The summed E-state index contributed by atoms with van der Waals surface area (Å²) in [5, 5.41) is 0. The highest BCUT2D eigenvalue weighted by Gasteiger charge is 2.13. The average molecular weight is 153 g/mol. The molecule has 1 saturated carbocycles. The Labute approximate surface area is 69.2 Å². The highest BCUT2D eigenvalue weighted by Crippen LogP contribution is 2.26. The molecular weight excluding hydrogens is 136 g/mol. The van der Waals surface area contributed by atoms with Crippen LogP contribution in [0.4, 0.5) is 0 Å². The summed E-state index contributed by atoms with van der Waals surface area (Å²) in [5.41, 5.74) is 0. The van der Waals surface area contributed by atoms with Crippen LogP contribution in [-0.4, -0.2) is 5.78 Å². The van der Waals surface area contributed by atoms with Crippen LogP contribution < -0.4 is 0 Å². The molecule has 1 heteroatoms. The van der Waals surface area contributed by atoms with Crippen LogP contribution in [0, 0.1) is 12.3 Å². The Hall–Kier alpha value is -0.330. The Kier molecular flexibility index (Phi) is 3.61. The molecule has 1 aliphatic rings. The molecule has 1 aliphatic carbocycles. The number of rotatable bonds is 3. The first-order valence-electron chi connectivity index (χ1n) is 4.63. The van der Waals surface area contributed by atoms with Gasteiger partial charge in [0.1, 0.15) is 5.78 Å². The second-order valence-electron chi connectivity index (χ2n) is 3.55. The zero-order chi connectivity index (χ0) is 8.10. The van der Waals surface area contributed by atoms with E-state index in [-0.39, 0.29) is 5.78 Å². The van der Waals surface area contributed by atoms with Gasteiger partial charge in [0.05, 0.1) is 0 Å². The quantitative estimate of drug-likeness (QED) is 0.609. The summed E-state index contributed by atoms with van der Waals surface area (Å²) in [5.74, 6) is 1.04. The summed E-state index contributed by atoms with van der Waals surface area (Å²) in [7, 11) is 0. The lowest BCUT2D eigenvalue weighted by molar-refractivity contribution is -0.114. The highest BCUT2D eigenvalue weighted by atomic mass is 16.1. The zero-order valence-electron chi connectivity index (χ0n) is 7.31. The second-order valence-corrected chi connectivity index (χ2v) is 3.55. The van der Waals surface area contributed by atoms with Crippen LogP contribution >= 0.6 is 0 Å². The molecule has 0 spiro atoms. The number of ketones is 1. The van der Waals surface area contributed by atoms with Crippen LogP contribution in [0.3, 0.4) is 0 Å². The van der Waals surface area contributed by atoms with Crippen molar-refractivity contribution in [3.05, 3.63) is 6.42 Å². The fourth-order valence-electron chi connectivity index (χ4n) is 1.76. The minimum absolute atomic E-state index is 0.232. The van der Waals surface area contributed by atoms with Gasteiger partial charge in [-0.15, -0.1) is 0 Å². The molecule has 0 N–H and O–H groups in total. The summed E-state index contributed by atoms with van der Waals surface area (Å²) >= 11 is 0. The zero-order valence-corrected chi connectivity index (χ0v) is 7.31. The SMILES string of the molecule is CC(=O)[CH]CC1CCCCC1. The molecule has 1 fully saturated rings. The smallest absolute Gasteiger partial charge is 0.133 e. The molecule has 0 aromatic heterocycles. The van der Waals surface area contributed by atoms with Crippen LogP contribution in [0.5, 0.6) is 0 Å². The third kappa shape index (κ3) is 3.54. The van der Waals surface area contributed by atoms with E-state index in [0.717, 1.165) is 12.3 Å². The van der Waals surface area contributed by atoms with E-state index in [9.17, 15) is 4.79 Å². The third-order valence-electron chi connectivity index (χ3n) is 2.46. The Bertz CT molecular complexity index is 123. The lowest BCUT2D eigenvalue weighted by Crippen LogP contribution is -2.07. The molecule has 63 valence electrons. The van der Waals surface area contributed by atoms with Crippen molar-refractivity contribution < 1.29 is 4.79 Å². The van der Waals surface area contributed by atoms with Gasteiger partial charge in [-0.05, 0) is 19.3 Å². The van der Waals surface area contributed by atoms with Crippen LogP contribution in [0.1, 0.15) is 45.4 Å². The number of carbonyl (C=O) groups excluding carboxylic acids is 1. The molecule has 11 heavy (non-hydrogen) atoms. The van der Waals surface area contributed by atoms with E-state index >= 15 is 0 Å². The Balaban J connectivity index is 2.09. The summed E-state index contributed by atoms with van der Waals surface area (Å²) in [6.45, 7) is 1.64. The monoisotopic (exact) mass is 153 g/mol. The lowest BCUT2D eigenvalue weighted by Gasteiger charge is -2.20. The Morgan fingerprint density at radius 1 is 1.36 bits per heavy atom. The van der Waals surface area contributed by atoms with Crippen LogP contribution in [0.2, 0.25) is 0 Å². The summed E-state index contributed by atoms with van der Waals surface area (Å²) in [6, 6.07) is 0. The van der Waals surface area contributed by atoms with Gasteiger partial charge in [0, 0.05) is 6.42 Å². The van der Waals surface area contributed by atoms with E-state index in [2.05, 4.69) is 0 Å². The third-order valence-corrected chi connectivity index (χ3v) is 2.46. The van der Waals surface area contributed by atoms with Crippen molar-refractivity contribution in [1.29, 1.82) is 0 Å². The van der Waals surface area contributed by atoms with Crippen molar-refractivity contribution in [3.63, 3.8) is 0 Å². The standard InChI is InChI=1S/C10H17O/c1-9(11)7-8-10-5-3-2-4-6-10/h7,10H,2-6,8H2,1H3. The molecule has 1 rings (SSSR count). The van der Waals surface area contributed by atoms with E-state index in [0.29, 0.717) is 0 Å². The van der Waals surface area contributed by atoms with Gasteiger partial charge in [-0.1, -0.05) is 32.1 Å². The van der Waals surface area contributed by atoms with Gasteiger partial charge in [0.15, 0.2) is 0 Å². The first-order valence-corrected chi connectivity index (χ1v) is 4.63. The fourth-order valence-corrected chi connectivity index (χ4v) is 1.76. The normalized spacial score (nSPS) is 20.1. The molecule has 0 amide bonds. The van der Waals surface area contributed by atoms with Gasteiger partial charge in [-0.3, -0.25) is 4.79 Å². The van der Waals surface area contributed by atoms with Crippen molar-refractivity contribution in [3.8, 4) is 0 Å². The van der Waals surface area contributed by atoms with Crippen molar-refractivity contribution >= 4 is 5.78 Å². The van der Waals surface area contributed by atoms with Crippen LogP contribution in [0.15, 0.2) is 0 Å². The van der Waals surface area contributed by atoms with E-state index in [4.69, 9.17) is 0 Å². The van der Waals surface area contributed by atoms with Gasteiger partial charge >= 0.3 is 0 Å². The minimum Gasteiger partial charge on any atom is -0.300 e. The van der Waals surface area contributed by atoms with Crippen molar-refractivity contribution in [2.75, 3.05) is 0 Å². The highest BCUT2D eigenvalue weighted by molar-refractivity contribution is 5.84. The van der Waals surface area contributed by atoms with E-state index < -0.39 is 0 Å². The van der Waals surface area contributed by atoms with Gasteiger partial charge in [-0.25, -0.2) is 0 Å². The number of carbonyl (C=O) groups is 1. The summed E-state index contributed by atoms with van der Waals surface area (Å²) in [4.78, 5) is 10.6. The van der Waals surface area contributed by atoms with E-state index in [1.165, 1.54) is 32.1 Å². The maximum absolute atomic E-state index is 10.6. The molecule has 0 saturated heterocycles.